The molecule has 1 N–H and O–H groups in total. The first-order chi connectivity index (χ1) is 8.11. The first-order valence-electron chi connectivity index (χ1n) is 6.57. The van der Waals surface area contributed by atoms with Crippen LogP contribution in [0.4, 0.5) is 0 Å². The molecule has 1 saturated carbocycles. The monoisotopic (exact) mass is 257 g/mol. The van der Waals surface area contributed by atoms with Crippen LogP contribution in [0, 0.1) is 17.8 Å². The zero-order chi connectivity index (χ0) is 12.4. The van der Waals surface area contributed by atoms with Gasteiger partial charge in [-0.2, -0.15) is 11.8 Å². The van der Waals surface area contributed by atoms with Crippen LogP contribution in [0.1, 0.15) is 26.2 Å². The maximum Gasteiger partial charge on any atom is 0.226 e. The van der Waals surface area contributed by atoms with Gasteiger partial charge in [0.15, 0.2) is 0 Å². The van der Waals surface area contributed by atoms with Crippen molar-refractivity contribution in [2.45, 2.75) is 32.3 Å². The topological polar surface area (TPSA) is 40.5 Å². The molecular weight excluding hydrogens is 234 g/mol. The number of rotatable bonds is 3. The van der Waals surface area contributed by atoms with E-state index >= 15 is 0 Å². The standard InChI is InChI=1S/C13H23NO2S/c1-9(8-17-2)13(16)14-6-10-3-4-12(15)5-11(10)7-14/h9-12,15H,3-8H2,1-2H3. The molecule has 0 aromatic rings. The van der Waals surface area contributed by atoms with Crippen molar-refractivity contribution in [3.8, 4) is 0 Å². The molecule has 1 saturated heterocycles. The van der Waals surface area contributed by atoms with Crippen LogP contribution in [0.3, 0.4) is 0 Å². The number of aliphatic hydroxyl groups is 1. The van der Waals surface area contributed by atoms with Crippen molar-refractivity contribution in [3.63, 3.8) is 0 Å². The maximum atomic E-state index is 12.2. The SMILES string of the molecule is CSCC(C)C(=O)N1CC2CCC(O)CC2C1. The Labute approximate surface area is 108 Å². The largest absolute Gasteiger partial charge is 0.393 e. The van der Waals surface area contributed by atoms with E-state index in [-0.39, 0.29) is 12.0 Å². The third-order valence-corrected chi connectivity index (χ3v) is 5.01. The van der Waals surface area contributed by atoms with E-state index in [1.54, 1.807) is 11.8 Å². The Morgan fingerprint density at radius 2 is 2.12 bits per heavy atom. The normalized spacial score (nSPS) is 34.5. The molecule has 2 aliphatic rings. The summed E-state index contributed by atoms with van der Waals surface area (Å²) in [6.07, 6.45) is 4.82. The predicted molar refractivity (Wildman–Crippen MR) is 71.0 cm³/mol. The number of fused-ring (bicyclic) bond motifs is 1. The van der Waals surface area contributed by atoms with Gasteiger partial charge < -0.3 is 10.0 Å². The van der Waals surface area contributed by atoms with Gasteiger partial charge in [0.2, 0.25) is 5.91 Å². The Kier molecular flexibility index (Phi) is 4.36. The van der Waals surface area contributed by atoms with E-state index in [0.717, 1.165) is 38.1 Å². The molecule has 98 valence electrons. The van der Waals surface area contributed by atoms with Crippen LogP contribution in [-0.2, 0) is 4.79 Å². The second-order valence-corrected chi connectivity index (χ2v) is 6.50. The van der Waals surface area contributed by atoms with E-state index in [2.05, 4.69) is 0 Å². The van der Waals surface area contributed by atoms with Crippen molar-refractivity contribution in [1.29, 1.82) is 0 Å². The minimum atomic E-state index is -0.130. The fraction of sp³-hybridized carbons (Fsp3) is 0.923. The molecule has 0 aromatic carbocycles. The Balaban J connectivity index is 1.90. The number of nitrogens with zero attached hydrogens (tertiary/aromatic N) is 1. The molecule has 4 heteroatoms. The molecule has 1 amide bonds. The molecule has 2 fully saturated rings. The van der Waals surface area contributed by atoms with Crippen molar-refractivity contribution >= 4 is 17.7 Å². The number of amides is 1. The number of carbonyl (C=O) groups is 1. The number of hydrogen-bond acceptors (Lipinski definition) is 3. The van der Waals surface area contributed by atoms with E-state index in [1.807, 2.05) is 18.1 Å². The van der Waals surface area contributed by atoms with Crippen LogP contribution in [0.25, 0.3) is 0 Å². The van der Waals surface area contributed by atoms with Crippen LogP contribution in [0.15, 0.2) is 0 Å². The third kappa shape index (κ3) is 2.97. The summed E-state index contributed by atoms with van der Waals surface area (Å²) in [7, 11) is 0. The quantitative estimate of drug-likeness (QED) is 0.835. The summed E-state index contributed by atoms with van der Waals surface area (Å²) in [6.45, 7) is 3.82. The van der Waals surface area contributed by atoms with Crippen molar-refractivity contribution in [2.75, 3.05) is 25.1 Å². The van der Waals surface area contributed by atoms with Gasteiger partial charge in [0.25, 0.3) is 0 Å². The second-order valence-electron chi connectivity index (χ2n) is 5.59. The Hall–Kier alpha value is -0.220. The third-order valence-electron chi connectivity index (χ3n) is 4.17. The van der Waals surface area contributed by atoms with Gasteiger partial charge in [-0.1, -0.05) is 6.92 Å². The van der Waals surface area contributed by atoms with E-state index in [0.29, 0.717) is 17.7 Å². The van der Waals surface area contributed by atoms with Gasteiger partial charge in [-0.15, -0.1) is 0 Å². The van der Waals surface area contributed by atoms with Crippen molar-refractivity contribution in [1.82, 2.24) is 4.90 Å². The van der Waals surface area contributed by atoms with Gasteiger partial charge in [0, 0.05) is 24.8 Å². The first-order valence-corrected chi connectivity index (χ1v) is 7.97. The molecule has 1 heterocycles. The van der Waals surface area contributed by atoms with Gasteiger partial charge in [0.05, 0.1) is 6.10 Å². The summed E-state index contributed by atoms with van der Waals surface area (Å²) in [5.74, 6) is 2.54. The fourth-order valence-electron chi connectivity index (χ4n) is 3.22. The summed E-state index contributed by atoms with van der Waals surface area (Å²) in [6, 6.07) is 0. The van der Waals surface area contributed by atoms with Gasteiger partial charge in [-0.05, 0) is 37.4 Å². The summed E-state index contributed by atoms with van der Waals surface area (Å²) in [5.41, 5.74) is 0. The van der Waals surface area contributed by atoms with Crippen LogP contribution in [-0.4, -0.2) is 47.1 Å². The molecule has 0 radical (unpaired) electrons. The Morgan fingerprint density at radius 1 is 1.41 bits per heavy atom. The van der Waals surface area contributed by atoms with Crippen molar-refractivity contribution in [3.05, 3.63) is 0 Å². The lowest BCUT2D eigenvalue weighted by molar-refractivity contribution is -0.133. The Bertz CT molecular complexity index is 285. The number of hydrogen-bond donors (Lipinski definition) is 1. The lowest BCUT2D eigenvalue weighted by Gasteiger charge is -2.27. The number of likely N-dealkylation sites (tertiary alicyclic amines) is 1. The predicted octanol–water partition coefficient (Wildman–Crippen LogP) is 1.60. The highest BCUT2D eigenvalue weighted by molar-refractivity contribution is 7.98. The van der Waals surface area contributed by atoms with Gasteiger partial charge in [0.1, 0.15) is 0 Å². The molecule has 4 atom stereocenters. The molecule has 4 unspecified atom stereocenters. The molecule has 0 spiro atoms. The zero-order valence-corrected chi connectivity index (χ0v) is 11.6. The molecule has 3 nitrogen and oxygen atoms in total. The fourth-order valence-corrected chi connectivity index (χ4v) is 3.86. The molecule has 2 rings (SSSR count). The minimum Gasteiger partial charge on any atom is -0.393 e. The van der Waals surface area contributed by atoms with Gasteiger partial charge in [-0.3, -0.25) is 4.79 Å². The highest BCUT2D eigenvalue weighted by Gasteiger charge is 2.39. The molecule has 1 aliphatic heterocycles. The van der Waals surface area contributed by atoms with Crippen LogP contribution < -0.4 is 0 Å². The van der Waals surface area contributed by atoms with Crippen LogP contribution in [0.2, 0.25) is 0 Å². The summed E-state index contributed by atoms with van der Waals surface area (Å²) in [4.78, 5) is 14.2. The first kappa shape index (κ1) is 13.2. The molecular formula is C13H23NO2S. The number of aliphatic hydroxyl groups excluding tert-OH is 1. The van der Waals surface area contributed by atoms with Gasteiger partial charge in [-0.25, -0.2) is 0 Å². The smallest absolute Gasteiger partial charge is 0.226 e. The van der Waals surface area contributed by atoms with E-state index in [4.69, 9.17) is 0 Å². The van der Waals surface area contributed by atoms with Gasteiger partial charge >= 0.3 is 0 Å². The van der Waals surface area contributed by atoms with Crippen LogP contribution >= 0.6 is 11.8 Å². The van der Waals surface area contributed by atoms with Crippen molar-refractivity contribution in [2.24, 2.45) is 17.8 Å². The average molecular weight is 257 g/mol. The molecule has 0 aromatic heterocycles. The van der Waals surface area contributed by atoms with Crippen LogP contribution in [0.5, 0.6) is 0 Å². The highest BCUT2D eigenvalue weighted by Crippen LogP contribution is 2.36. The molecule has 1 aliphatic carbocycles. The summed E-state index contributed by atoms with van der Waals surface area (Å²) in [5, 5.41) is 9.67. The Morgan fingerprint density at radius 3 is 2.82 bits per heavy atom. The van der Waals surface area contributed by atoms with E-state index < -0.39 is 0 Å². The summed E-state index contributed by atoms with van der Waals surface area (Å²) >= 11 is 1.74. The van der Waals surface area contributed by atoms with Crippen molar-refractivity contribution < 1.29 is 9.90 Å². The van der Waals surface area contributed by atoms with E-state index in [1.165, 1.54) is 0 Å². The lowest BCUT2D eigenvalue weighted by Crippen LogP contribution is -2.34. The minimum absolute atomic E-state index is 0.130. The average Bonchev–Trinajstić information content (AvgIpc) is 2.71. The lowest BCUT2D eigenvalue weighted by atomic mass is 9.80. The molecule has 17 heavy (non-hydrogen) atoms. The molecule has 0 bridgehead atoms. The summed E-state index contributed by atoms with van der Waals surface area (Å²) < 4.78 is 0. The highest BCUT2D eigenvalue weighted by atomic mass is 32.2. The maximum absolute atomic E-state index is 12.2. The number of thioether (sulfide) groups is 1. The second kappa shape index (κ2) is 5.61. The number of carbonyl (C=O) groups excluding carboxylic acids is 1. The zero-order valence-electron chi connectivity index (χ0n) is 10.8. The van der Waals surface area contributed by atoms with E-state index in [9.17, 15) is 9.90 Å².